The van der Waals surface area contributed by atoms with Gasteiger partial charge in [0.2, 0.25) is 11.6 Å². The normalized spacial score (nSPS) is 33.6. The summed E-state index contributed by atoms with van der Waals surface area (Å²) in [5.74, 6) is -2.89. The molecule has 0 aromatic heterocycles. The Morgan fingerprint density at radius 1 is 0.833 bits per heavy atom. The van der Waals surface area contributed by atoms with E-state index in [-0.39, 0.29) is 13.2 Å². The van der Waals surface area contributed by atoms with Gasteiger partial charge in [-0.1, -0.05) is 0 Å². The maximum absolute atomic E-state index is 11.9. The number of rotatable bonds is 3. The zero-order chi connectivity index (χ0) is 13.6. The molecule has 0 spiro atoms. The second kappa shape index (κ2) is 4.38. The maximum atomic E-state index is 11.9. The molecule has 0 radical (unpaired) electrons. The third-order valence-electron chi connectivity index (χ3n) is 2.84. The van der Waals surface area contributed by atoms with Gasteiger partial charge in [0.05, 0.1) is 13.2 Å². The van der Waals surface area contributed by atoms with Crippen LogP contribution in [0.5, 0.6) is 0 Å². The van der Waals surface area contributed by atoms with Crippen molar-refractivity contribution in [2.24, 2.45) is 0 Å². The van der Waals surface area contributed by atoms with Gasteiger partial charge in [-0.15, -0.1) is 0 Å². The van der Waals surface area contributed by atoms with E-state index in [2.05, 4.69) is 0 Å². The summed E-state index contributed by atoms with van der Waals surface area (Å²) in [7, 11) is 0. The number of ketones is 2. The highest BCUT2D eigenvalue weighted by Gasteiger charge is 2.45. The molecular weight excluding hydrogens is 240 g/mol. The summed E-state index contributed by atoms with van der Waals surface area (Å²) in [4.78, 5) is 23.9. The zero-order valence-corrected chi connectivity index (χ0v) is 11.0. The van der Waals surface area contributed by atoms with Crippen LogP contribution in [0.1, 0.15) is 27.7 Å². The molecule has 0 unspecified atom stereocenters. The van der Waals surface area contributed by atoms with Crippen LogP contribution in [0.25, 0.3) is 0 Å². The summed E-state index contributed by atoms with van der Waals surface area (Å²) in [5, 5.41) is 0. The molecule has 6 nitrogen and oxygen atoms in total. The minimum Gasteiger partial charge on any atom is -0.347 e. The number of hydrogen-bond donors (Lipinski definition) is 0. The van der Waals surface area contributed by atoms with Gasteiger partial charge in [-0.2, -0.15) is 0 Å². The lowest BCUT2D eigenvalue weighted by molar-refractivity contribution is -0.164. The van der Waals surface area contributed by atoms with Gasteiger partial charge in [0.15, 0.2) is 23.8 Å². The van der Waals surface area contributed by atoms with E-state index in [9.17, 15) is 9.59 Å². The molecular formula is C12H18O6. The van der Waals surface area contributed by atoms with Gasteiger partial charge >= 0.3 is 0 Å². The van der Waals surface area contributed by atoms with Crippen LogP contribution in [0.15, 0.2) is 0 Å². The van der Waals surface area contributed by atoms with E-state index in [4.69, 9.17) is 18.9 Å². The molecule has 6 heteroatoms. The van der Waals surface area contributed by atoms with Crippen molar-refractivity contribution in [2.75, 3.05) is 13.2 Å². The second-order valence-electron chi connectivity index (χ2n) is 5.36. The predicted octanol–water partition coefficient (Wildman–Crippen LogP) is 0.428. The van der Waals surface area contributed by atoms with Crippen molar-refractivity contribution in [3.05, 3.63) is 0 Å². The average Bonchev–Trinajstić information content (AvgIpc) is 2.79. The molecule has 2 heterocycles. The van der Waals surface area contributed by atoms with Crippen LogP contribution in [0.4, 0.5) is 0 Å². The largest absolute Gasteiger partial charge is 0.347 e. The third-order valence-corrected chi connectivity index (χ3v) is 2.84. The quantitative estimate of drug-likeness (QED) is 0.683. The highest BCUT2D eigenvalue weighted by molar-refractivity contribution is 6.40. The van der Waals surface area contributed by atoms with Gasteiger partial charge in [-0.3, -0.25) is 9.59 Å². The van der Waals surface area contributed by atoms with E-state index in [1.165, 1.54) is 0 Å². The van der Waals surface area contributed by atoms with E-state index in [1.54, 1.807) is 27.7 Å². The van der Waals surface area contributed by atoms with Crippen molar-refractivity contribution in [3.63, 3.8) is 0 Å². The Bertz CT molecular complexity index is 337. The molecule has 0 aromatic rings. The summed E-state index contributed by atoms with van der Waals surface area (Å²) >= 11 is 0. The Labute approximate surface area is 106 Å². The molecule has 2 fully saturated rings. The molecule has 2 rings (SSSR count). The number of ether oxygens (including phenoxy) is 4. The maximum Gasteiger partial charge on any atom is 0.232 e. The van der Waals surface area contributed by atoms with Crippen molar-refractivity contribution in [2.45, 2.75) is 51.5 Å². The lowest BCUT2D eigenvalue weighted by atomic mass is 10.1. The van der Waals surface area contributed by atoms with Gasteiger partial charge in [0.25, 0.3) is 0 Å². The molecule has 0 aliphatic carbocycles. The van der Waals surface area contributed by atoms with E-state index in [0.717, 1.165) is 0 Å². The summed E-state index contributed by atoms with van der Waals surface area (Å²) in [6.07, 6.45) is -1.69. The van der Waals surface area contributed by atoms with Crippen molar-refractivity contribution < 1.29 is 28.5 Å². The first kappa shape index (κ1) is 13.6. The summed E-state index contributed by atoms with van der Waals surface area (Å²) in [6.45, 7) is 6.97. The van der Waals surface area contributed by atoms with Gasteiger partial charge in [0.1, 0.15) is 0 Å². The van der Waals surface area contributed by atoms with Crippen LogP contribution in [-0.2, 0) is 28.5 Å². The van der Waals surface area contributed by atoms with Crippen LogP contribution in [0.2, 0.25) is 0 Å². The molecule has 2 saturated heterocycles. The standard InChI is InChI=1S/C12H18O6/c1-11(2)15-5-7(17-11)9(13)10(14)8-6-16-12(3,4)18-8/h7-8H,5-6H2,1-4H3/t7-,8-/m1/s1. The summed E-state index contributed by atoms with van der Waals surface area (Å²) < 4.78 is 21.2. The van der Waals surface area contributed by atoms with Crippen LogP contribution in [0, 0.1) is 0 Å². The third kappa shape index (κ3) is 2.77. The van der Waals surface area contributed by atoms with Crippen LogP contribution in [-0.4, -0.2) is 48.6 Å². The SMILES string of the molecule is CC1(C)OC[C@H](C(=O)C(=O)[C@H]2COC(C)(C)O2)O1. The minimum atomic E-state index is -0.847. The monoisotopic (exact) mass is 258 g/mol. The van der Waals surface area contributed by atoms with Crippen LogP contribution >= 0.6 is 0 Å². The van der Waals surface area contributed by atoms with Gasteiger partial charge in [-0.25, -0.2) is 0 Å². The highest BCUT2D eigenvalue weighted by Crippen LogP contribution is 2.26. The summed E-state index contributed by atoms with van der Waals surface area (Å²) in [5.41, 5.74) is 0. The Kier molecular flexibility index (Phi) is 3.31. The van der Waals surface area contributed by atoms with Gasteiger partial charge in [-0.05, 0) is 27.7 Å². The second-order valence-corrected chi connectivity index (χ2v) is 5.36. The molecule has 0 aromatic carbocycles. The Hall–Kier alpha value is -0.820. The highest BCUT2D eigenvalue weighted by atomic mass is 16.8. The fraction of sp³-hybridized carbons (Fsp3) is 0.833. The topological polar surface area (TPSA) is 71.1 Å². The van der Waals surface area contributed by atoms with Crippen LogP contribution in [0.3, 0.4) is 0 Å². The zero-order valence-electron chi connectivity index (χ0n) is 11.0. The fourth-order valence-electron chi connectivity index (χ4n) is 1.95. The summed E-state index contributed by atoms with van der Waals surface area (Å²) in [6, 6.07) is 0. The van der Waals surface area contributed by atoms with E-state index >= 15 is 0 Å². The van der Waals surface area contributed by atoms with Crippen molar-refractivity contribution in [1.29, 1.82) is 0 Å². The average molecular weight is 258 g/mol. The Morgan fingerprint density at radius 2 is 1.17 bits per heavy atom. The molecule has 2 atom stereocenters. The smallest absolute Gasteiger partial charge is 0.232 e. The van der Waals surface area contributed by atoms with Crippen LogP contribution < -0.4 is 0 Å². The molecule has 0 amide bonds. The van der Waals surface area contributed by atoms with Gasteiger partial charge < -0.3 is 18.9 Å². The molecule has 2 aliphatic heterocycles. The first-order valence-electron chi connectivity index (χ1n) is 5.92. The van der Waals surface area contributed by atoms with E-state index in [1.807, 2.05) is 0 Å². The molecule has 18 heavy (non-hydrogen) atoms. The number of hydrogen-bond acceptors (Lipinski definition) is 6. The minimum absolute atomic E-state index is 0.0918. The Morgan fingerprint density at radius 3 is 1.39 bits per heavy atom. The van der Waals surface area contributed by atoms with E-state index in [0.29, 0.717) is 0 Å². The first-order valence-corrected chi connectivity index (χ1v) is 5.92. The number of carbonyl (C=O) groups excluding carboxylic acids is 2. The molecule has 2 aliphatic rings. The molecule has 0 bridgehead atoms. The lowest BCUT2D eigenvalue weighted by Crippen LogP contribution is -2.40. The molecule has 0 saturated carbocycles. The predicted molar refractivity (Wildman–Crippen MR) is 59.8 cm³/mol. The molecule has 102 valence electrons. The van der Waals surface area contributed by atoms with Gasteiger partial charge in [0, 0.05) is 0 Å². The van der Waals surface area contributed by atoms with E-state index < -0.39 is 35.3 Å². The fourth-order valence-corrected chi connectivity index (χ4v) is 1.95. The number of Topliss-reactive ketones (excluding diaryl/α,β-unsaturated/α-hetero) is 2. The van der Waals surface area contributed by atoms with Crippen molar-refractivity contribution >= 4 is 11.6 Å². The number of carbonyl (C=O) groups is 2. The van der Waals surface area contributed by atoms with Crippen molar-refractivity contribution in [1.82, 2.24) is 0 Å². The molecule has 0 N–H and O–H groups in total. The Balaban J connectivity index is 1.96. The van der Waals surface area contributed by atoms with Crippen molar-refractivity contribution in [3.8, 4) is 0 Å². The first-order chi connectivity index (χ1) is 8.20. The lowest BCUT2D eigenvalue weighted by Gasteiger charge is -2.18.